The van der Waals surface area contributed by atoms with E-state index in [2.05, 4.69) is 43.0 Å². The predicted octanol–water partition coefficient (Wildman–Crippen LogP) is 2.61. The summed E-state index contributed by atoms with van der Waals surface area (Å²) in [6.45, 7) is 8.37. The zero-order valence-corrected chi connectivity index (χ0v) is 10.3. The Labute approximate surface area is 98.2 Å². The molecule has 0 spiro atoms. The fraction of sp³-hybridized carbons (Fsp3) is 0.571. The van der Waals surface area contributed by atoms with E-state index >= 15 is 0 Å². The zero-order chi connectivity index (χ0) is 11.4. The van der Waals surface area contributed by atoms with Crippen molar-refractivity contribution in [2.75, 3.05) is 19.7 Å². The van der Waals surface area contributed by atoms with Gasteiger partial charge in [-0.2, -0.15) is 0 Å². The number of hydrogen-bond donors (Lipinski definition) is 0. The summed E-state index contributed by atoms with van der Waals surface area (Å²) in [6, 6.07) is 8.77. The summed E-state index contributed by atoms with van der Waals surface area (Å²) < 4.78 is 5.65. The number of nitrogens with zero attached hydrogens (tertiary/aromatic N) is 1. The Morgan fingerprint density at radius 1 is 1.44 bits per heavy atom. The van der Waals surface area contributed by atoms with Gasteiger partial charge in [0, 0.05) is 26.2 Å². The molecule has 0 aliphatic carbocycles. The highest BCUT2D eigenvalue weighted by atomic mass is 16.5. The van der Waals surface area contributed by atoms with Gasteiger partial charge in [0.15, 0.2) is 0 Å². The third-order valence-corrected chi connectivity index (χ3v) is 3.12. The van der Waals surface area contributed by atoms with E-state index in [0.29, 0.717) is 6.10 Å². The SMILES string of the molecule is CCOC1CCN(Cc2cccc(C)c2)C1. The predicted molar refractivity (Wildman–Crippen MR) is 66.5 cm³/mol. The maximum atomic E-state index is 5.65. The summed E-state index contributed by atoms with van der Waals surface area (Å²) in [6.07, 6.45) is 1.63. The maximum Gasteiger partial charge on any atom is 0.0714 e. The van der Waals surface area contributed by atoms with Gasteiger partial charge >= 0.3 is 0 Å². The molecule has 1 saturated heterocycles. The molecule has 2 nitrogen and oxygen atoms in total. The Bertz CT molecular complexity index is 337. The average molecular weight is 219 g/mol. The molecule has 1 aromatic carbocycles. The van der Waals surface area contributed by atoms with Crippen molar-refractivity contribution >= 4 is 0 Å². The van der Waals surface area contributed by atoms with Gasteiger partial charge in [-0.15, -0.1) is 0 Å². The van der Waals surface area contributed by atoms with Crippen LogP contribution in [0.3, 0.4) is 0 Å². The van der Waals surface area contributed by atoms with Crippen molar-refractivity contribution in [2.45, 2.75) is 32.9 Å². The van der Waals surface area contributed by atoms with E-state index in [9.17, 15) is 0 Å². The summed E-state index contributed by atoms with van der Waals surface area (Å²) in [7, 11) is 0. The molecule has 1 atom stereocenters. The molecule has 88 valence electrons. The maximum absolute atomic E-state index is 5.65. The number of rotatable bonds is 4. The first-order valence-electron chi connectivity index (χ1n) is 6.17. The van der Waals surface area contributed by atoms with E-state index in [1.165, 1.54) is 24.1 Å². The van der Waals surface area contributed by atoms with Gasteiger partial charge in [-0.1, -0.05) is 29.8 Å². The third kappa shape index (κ3) is 3.06. The lowest BCUT2D eigenvalue weighted by Gasteiger charge is -2.16. The first-order valence-corrected chi connectivity index (χ1v) is 6.17. The van der Waals surface area contributed by atoms with Crippen molar-refractivity contribution < 1.29 is 4.74 Å². The first-order chi connectivity index (χ1) is 7.78. The lowest BCUT2D eigenvalue weighted by molar-refractivity contribution is 0.0683. The van der Waals surface area contributed by atoms with Crippen molar-refractivity contribution in [3.8, 4) is 0 Å². The summed E-state index contributed by atoms with van der Waals surface area (Å²) in [5.41, 5.74) is 2.76. The molecule has 1 heterocycles. The van der Waals surface area contributed by atoms with E-state index in [0.717, 1.165) is 19.7 Å². The molecule has 0 amide bonds. The Balaban J connectivity index is 1.87. The molecule has 0 aromatic heterocycles. The lowest BCUT2D eigenvalue weighted by atomic mass is 10.1. The zero-order valence-electron chi connectivity index (χ0n) is 10.3. The second-order valence-corrected chi connectivity index (χ2v) is 4.59. The minimum atomic E-state index is 0.454. The van der Waals surface area contributed by atoms with Crippen LogP contribution in [0.25, 0.3) is 0 Å². The van der Waals surface area contributed by atoms with Crippen LogP contribution in [0.5, 0.6) is 0 Å². The van der Waals surface area contributed by atoms with Gasteiger partial charge in [0.2, 0.25) is 0 Å². The highest BCUT2D eigenvalue weighted by molar-refractivity contribution is 5.22. The van der Waals surface area contributed by atoms with Gasteiger partial charge in [0.25, 0.3) is 0 Å². The molecule has 1 aliphatic heterocycles. The Morgan fingerprint density at radius 2 is 2.31 bits per heavy atom. The minimum Gasteiger partial charge on any atom is -0.377 e. The Hall–Kier alpha value is -0.860. The number of hydrogen-bond acceptors (Lipinski definition) is 2. The second kappa shape index (κ2) is 5.46. The van der Waals surface area contributed by atoms with Crippen molar-refractivity contribution in [2.24, 2.45) is 0 Å². The number of benzene rings is 1. The molecule has 1 aromatic rings. The van der Waals surface area contributed by atoms with Gasteiger partial charge in [0.1, 0.15) is 0 Å². The quantitative estimate of drug-likeness (QED) is 0.772. The number of likely N-dealkylation sites (tertiary alicyclic amines) is 1. The standard InChI is InChI=1S/C14H21NO/c1-3-16-14-7-8-15(11-14)10-13-6-4-5-12(2)9-13/h4-6,9,14H,3,7-8,10-11H2,1-2H3. The topological polar surface area (TPSA) is 12.5 Å². The highest BCUT2D eigenvalue weighted by Crippen LogP contribution is 2.16. The van der Waals surface area contributed by atoms with Crippen LogP contribution in [0.1, 0.15) is 24.5 Å². The summed E-state index contributed by atoms with van der Waals surface area (Å²) >= 11 is 0. The van der Waals surface area contributed by atoms with Crippen LogP contribution in [0, 0.1) is 6.92 Å². The van der Waals surface area contributed by atoms with E-state index in [4.69, 9.17) is 4.74 Å². The fourth-order valence-electron chi connectivity index (χ4n) is 2.38. The first kappa shape index (κ1) is 11.6. The van der Waals surface area contributed by atoms with Crippen LogP contribution < -0.4 is 0 Å². The van der Waals surface area contributed by atoms with Crippen molar-refractivity contribution in [3.05, 3.63) is 35.4 Å². The molecule has 0 bridgehead atoms. The van der Waals surface area contributed by atoms with Crippen LogP contribution in [-0.4, -0.2) is 30.7 Å². The van der Waals surface area contributed by atoms with E-state index < -0.39 is 0 Å². The molecule has 1 fully saturated rings. The molecule has 0 radical (unpaired) electrons. The molecule has 16 heavy (non-hydrogen) atoms. The molecule has 2 rings (SSSR count). The fourth-order valence-corrected chi connectivity index (χ4v) is 2.38. The average Bonchev–Trinajstić information content (AvgIpc) is 2.66. The Morgan fingerprint density at radius 3 is 3.06 bits per heavy atom. The van der Waals surface area contributed by atoms with Crippen LogP contribution >= 0.6 is 0 Å². The van der Waals surface area contributed by atoms with Crippen LogP contribution in [0.4, 0.5) is 0 Å². The minimum absolute atomic E-state index is 0.454. The largest absolute Gasteiger partial charge is 0.377 e. The van der Waals surface area contributed by atoms with E-state index in [1.54, 1.807) is 0 Å². The van der Waals surface area contributed by atoms with Crippen molar-refractivity contribution in [1.29, 1.82) is 0 Å². The monoisotopic (exact) mass is 219 g/mol. The van der Waals surface area contributed by atoms with Gasteiger partial charge in [-0.3, -0.25) is 4.90 Å². The van der Waals surface area contributed by atoms with E-state index in [-0.39, 0.29) is 0 Å². The number of aryl methyl sites for hydroxylation is 1. The molecular formula is C14H21NO. The third-order valence-electron chi connectivity index (χ3n) is 3.12. The number of ether oxygens (including phenoxy) is 1. The summed E-state index contributed by atoms with van der Waals surface area (Å²) in [5, 5.41) is 0. The van der Waals surface area contributed by atoms with Gasteiger partial charge in [-0.25, -0.2) is 0 Å². The molecule has 0 N–H and O–H groups in total. The summed E-state index contributed by atoms with van der Waals surface area (Å²) in [4.78, 5) is 2.48. The highest BCUT2D eigenvalue weighted by Gasteiger charge is 2.22. The molecule has 2 heteroatoms. The van der Waals surface area contributed by atoms with Gasteiger partial charge in [0.05, 0.1) is 6.10 Å². The molecule has 0 saturated carbocycles. The lowest BCUT2D eigenvalue weighted by Crippen LogP contribution is -2.23. The molecular weight excluding hydrogens is 198 g/mol. The Kier molecular flexibility index (Phi) is 3.97. The normalized spacial score (nSPS) is 21.5. The van der Waals surface area contributed by atoms with Crippen LogP contribution in [0.15, 0.2) is 24.3 Å². The van der Waals surface area contributed by atoms with Crippen LogP contribution in [0.2, 0.25) is 0 Å². The molecule has 1 unspecified atom stereocenters. The van der Waals surface area contributed by atoms with Gasteiger partial charge in [-0.05, 0) is 25.8 Å². The summed E-state index contributed by atoms with van der Waals surface area (Å²) in [5.74, 6) is 0. The molecule has 1 aliphatic rings. The van der Waals surface area contributed by atoms with Gasteiger partial charge < -0.3 is 4.74 Å². The van der Waals surface area contributed by atoms with Crippen molar-refractivity contribution in [3.63, 3.8) is 0 Å². The smallest absolute Gasteiger partial charge is 0.0714 e. The van der Waals surface area contributed by atoms with Crippen molar-refractivity contribution in [1.82, 2.24) is 4.90 Å². The van der Waals surface area contributed by atoms with Crippen LogP contribution in [-0.2, 0) is 11.3 Å². The second-order valence-electron chi connectivity index (χ2n) is 4.59. The van der Waals surface area contributed by atoms with E-state index in [1.807, 2.05) is 0 Å².